The topological polar surface area (TPSA) is 62.8 Å². The molecule has 0 aromatic heterocycles. The fourth-order valence-electron chi connectivity index (χ4n) is 2.75. The van der Waals surface area contributed by atoms with E-state index in [1.807, 2.05) is 0 Å². The third kappa shape index (κ3) is 7.17. The smallest absolute Gasteiger partial charge is 0.405 e. The lowest BCUT2D eigenvalue weighted by Crippen LogP contribution is -2.57. The number of halogens is 4. The highest BCUT2D eigenvalue weighted by Gasteiger charge is 2.43. The predicted octanol–water partition coefficient (Wildman–Crippen LogP) is 1.70. The summed E-state index contributed by atoms with van der Waals surface area (Å²) in [5.74, 6) is -0.282. The summed E-state index contributed by atoms with van der Waals surface area (Å²) in [6.07, 6.45) is -4.42. The third-order valence-corrected chi connectivity index (χ3v) is 4.10. The molecule has 2 N–H and O–H groups in total. The number of rotatable bonds is 8. The summed E-state index contributed by atoms with van der Waals surface area (Å²) in [7, 11) is 1.52. The van der Waals surface area contributed by atoms with Crippen LogP contribution in [0, 0.1) is 0 Å². The van der Waals surface area contributed by atoms with Gasteiger partial charge in [-0.1, -0.05) is 12.1 Å². The SMILES string of the molecule is COCCOc1ccccc1C(=O)NCC(N1CCNCC1)C(F)(F)F.Cl. The average molecular weight is 412 g/mol. The van der Waals surface area contributed by atoms with Crippen LogP contribution in [0.1, 0.15) is 10.4 Å². The Bertz CT molecular complexity index is 584. The molecule has 1 amide bonds. The molecule has 1 atom stereocenters. The zero-order valence-electron chi connectivity index (χ0n) is 15.1. The molecule has 10 heteroatoms. The zero-order valence-corrected chi connectivity index (χ0v) is 15.9. The van der Waals surface area contributed by atoms with Crippen LogP contribution >= 0.6 is 12.4 Å². The van der Waals surface area contributed by atoms with Gasteiger partial charge in [-0.2, -0.15) is 13.2 Å². The molecule has 27 heavy (non-hydrogen) atoms. The highest BCUT2D eigenvalue weighted by Crippen LogP contribution is 2.25. The van der Waals surface area contributed by atoms with Crippen LogP contribution in [-0.2, 0) is 4.74 Å². The highest BCUT2D eigenvalue weighted by atomic mass is 35.5. The van der Waals surface area contributed by atoms with Crippen molar-refractivity contribution in [2.75, 3.05) is 53.0 Å². The first-order valence-electron chi connectivity index (χ1n) is 8.44. The van der Waals surface area contributed by atoms with Gasteiger partial charge in [-0.15, -0.1) is 12.4 Å². The van der Waals surface area contributed by atoms with Crippen molar-refractivity contribution in [2.45, 2.75) is 12.2 Å². The summed E-state index contributed by atoms with van der Waals surface area (Å²) < 4.78 is 50.5. The monoisotopic (exact) mass is 411 g/mol. The second kappa shape index (κ2) is 11.3. The molecule has 154 valence electrons. The number of hydrogen-bond donors (Lipinski definition) is 2. The van der Waals surface area contributed by atoms with Gasteiger partial charge < -0.3 is 20.1 Å². The number of piperazine rings is 1. The van der Waals surface area contributed by atoms with E-state index < -0.39 is 24.7 Å². The summed E-state index contributed by atoms with van der Waals surface area (Å²) in [4.78, 5) is 13.7. The van der Waals surface area contributed by atoms with E-state index in [1.54, 1.807) is 18.2 Å². The Labute approximate surface area is 162 Å². The fraction of sp³-hybridized carbons (Fsp3) is 0.588. The maximum atomic E-state index is 13.4. The van der Waals surface area contributed by atoms with Crippen LogP contribution in [-0.4, -0.2) is 76.1 Å². The Kier molecular flexibility index (Phi) is 9.86. The first-order valence-corrected chi connectivity index (χ1v) is 8.44. The minimum absolute atomic E-state index is 0. The molecule has 0 bridgehead atoms. The lowest BCUT2D eigenvalue weighted by Gasteiger charge is -2.35. The summed E-state index contributed by atoms with van der Waals surface area (Å²) >= 11 is 0. The third-order valence-electron chi connectivity index (χ3n) is 4.10. The van der Waals surface area contributed by atoms with Crippen molar-refractivity contribution in [1.82, 2.24) is 15.5 Å². The van der Waals surface area contributed by atoms with E-state index in [1.165, 1.54) is 18.1 Å². The van der Waals surface area contributed by atoms with Gasteiger partial charge in [0.05, 0.1) is 12.2 Å². The van der Waals surface area contributed by atoms with Crippen molar-refractivity contribution in [3.05, 3.63) is 29.8 Å². The lowest BCUT2D eigenvalue weighted by molar-refractivity contribution is -0.183. The van der Waals surface area contributed by atoms with Crippen LogP contribution in [0.3, 0.4) is 0 Å². The van der Waals surface area contributed by atoms with E-state index in [2.05, 4.69) is 10.6 Å². The van der Waals surface area contributed by atoms with E-state index in [9.17, 15) is 18.0 Å². The van der Waals surface area contributed by atoms with Gasteiger partial charge in [0.2, 0.25) is 0 Å². The van der Waals surface area contributed by atoms with Crippen LogP contribution in [0.5, 0.6) is 5.75 Å². The summed E-state index contributed by atoms with van der Waals surface area (Å²) in [6.45, 7) is 1.65. The highest BCUT2D eigenvalue weighted by molar-refractivity contribution is 5.96. The largest absolute Gasteiger partial charge is 0.490 e. The molecule has 1 aromatic carbocycles. The number of carbonyl (C=O) groups excluding carboxylic acids is 1. The van der Waals surface area contributed by atoms with E-state index in [4.69, 9.17) is 9.47 Å². The van der Waals surface area contributed by atoms with Gasteiger partial charge in [-0.25, -0.2) is 0 Å². The Morgan fingerprint density at radius 3 is 2.56 bits per heavy atom. The van der Waals surface area contributed by atoms with Crippen molar-refractivity contribution < 1.29 is 27.4 Å². The molecule has 1 aliphatic heterocycles. The van der Waals surface area contributed by atoms with Crippen LogP contribution in [0.2, 0.25) is 0 Å². The molecule has 1 saturated heterocycles. The Hall–Kier alpha value is -1.55. The number of carbonyl (C=O) groups is 1. The molecule has 1 aromatic rings. The number of alkyl halides is 3. The Balaban J connectivity index is 0.00000364. The lowest BCUT2D eigenvalue weighted by atomic mass is 10.1. The summed E-state index contributed by atoms with van der Waals surface area (Å²) in [5.41, 5.74) is 0.199. The van der Waals surface area contributed by atoms with Gasteiger partial charge >= 0.3 is 6.18 Å². The number of nitrogens with one attached hydrogen (secondary N) is 2. The van der Waals surface area contributed by atoms with E-state index >= 15 is 0 Å². The second-order valence-electron chi connectivity index (χ2n) is 5.89. The summed E-state index contributed by atoms with van der Waals surface area (Å²) in [5, 5.41) is 5.42. The molecule has 6 nitrogen and oxygen atoms in total. The number of ether oxygens (including phenoxy) is 2. The number of nitrogens with zero attached hydrogens (tertiary/aromatic N) is 1. The predicted molar refractivity (Wildman–Crippen MR) is 97.7 cm³/mol. The number of para-hydroxylation sites is 1. The molecular weight excluding hydrogens is 387 g/mol. The van der Waals surface area contributed by atoms with Crippen LogP contribution in [0.15, 0.2) is 24.3 Å². The van der Waals surface area contributed by atoms with Crippen molar-refractivity contribution >= 4 is 18.3 Å². The number of hydrogen-bond acceptors (Lipinski definition) is 5. The van der Waals surface area contributed by atoms with Crippen LogP contribution in [0.4, 0.5) is 13.2 Å². The normalized spacial score (nSPS) is 16.3. The van der Waals surface area contributed by atoms with Gasteiger partial charge in [0.15, 0.2) is 0 Å². The quantitative estimate of drug-likeness (QED) is 0.638. The van der Waals surface area contributed by atoms with E-state index in [0.29, 0.717) is 25.4 Å². The molecule has 0 spiro atoms. The van der Waals surface area contributed by atoms with Gasteiger partial charge in [-0.3, -0.25) is 9.69 Å². The number of benzene rings is 1. The molecule has 1 aliphatic rings. The van der Waals surface area contributed by atoms with Gasteiger partial charge in [0.25, 0.3) is 5.91 Å². The molecule has 1 fully saturated rings. The first kappa shape index (κ1) is 23.5. The van der Waals surface area contributed by atoms with E-state index in [-0.39, 0.29) is 37.7 Å². The maximum absolute atomic E-state index is 13.4. The first-order chi connectivity index (χ1) is 12.4. The Morgan fingerprint density at radius 2 is 1.93 bits per heavy atom. The van der Waals surface area contributed by atoms with Gasteiger partial charge in [0.1, 0.15) is 18.4 Å². The zero-order chi connectivity index (χ0) is 19.0. The molecule has 0 saturated carbocycles. The Morgan fingerprint density at radius 1 is 1.26 bits per heavy atom. The molecule has 0 aliphatic carbocycles. The molecule has 2 rings (SSSR count). The van der Waals surface area contributed by atoms with Crippen molar-refractivity contribution in [3.63, 3.8) is 0 Å². The fourth-order valence-corrected chi connectivity index (χ4v) is 2.75. The standard InChI is InChI=1S/C17H24F3N3O3.ClH/c1-25-10-11-26-14-5-3-2-4-13(14)16(24)22-12-15(17(18,19)20)23-8-6-21-7-9-23;/h2-5,15,21H,6-12H2,1H3,(H,22,24);1H. The molecule has 1 unspecified atom stereocenters. The maximum Gasteiger partial charge on any atom is 0.405 e. The molecule has 1 heterocycles. The average Bonchev–Trinajstić information content (AvgIpc) is 2.62. The van der Waals surface area contributed by atoms with Gasteiger partial charge in [-0.05, 0) is 12.1 Å². The second-order valence-corrected chi connectivity index (χ2v) is 5.89. The van der Waals surface area contributed by atoms with Gasteiger partial charge in [0, 0.05) is 39.8 Å². The van der Waals surface area contributed by atoms with Crippen molar-refractivity contribution in [2.24, 2.45) is 0 Å². The number of methoxy groups -OCH3 is 1. The molecule has 0 radical (unpaired) electrons. The number of amides is 1. The van der Waals surface area contributed by atoms with Crippen molar-refractivity contribution in [3.8, 4) is 5.75 Å². The molecular formula is C17H25ClF3N3O3. The van der Waals surface area contributed by atoms with Crippen LogP contribution in [0.25, 0.3) is 0 Å². The van der Waals surface area contributed by atoms with Crippen molar-refractivity contribution in [1.29, 1.82) is 0 Å². The summed E-state index contributed by atoms with van der Waals surface area (Å²) in [6, 6.07) is 4.73. The van der Waals surface area contributed by atoms with Crippen LogP contribution < -0.4 is 15.4 Å². The minimum atomic E-state index is -4.42. The minimum Gasteiger partial charge on any atom is -0.490 e. The van der Waals surface area contributed by atoms with E-state index in [0.717, 1.165) is 0 Å².